The Morgan fingerprint density at radius 1 is 1.40 bits per heavy atom. The zero-order chi connectivity index (χ0) is 14.1. The van der Waals surface area contributed by atoms with Crippen molar-refractivity contribution in [1.29, 1.82) is 0 Å². The first-order valence-electron chi connectivity index (χ1n) is 6.44. The summed E-state index contributed by atoms with van der Waals surface area (Å²) in [6.45, 7) is 4.28. The molecule has 0 fully saturated rings. The monoisotopic (exact) mass is 350 g/mol. The third kappa shape index (κ3) is 2.86. The Labute approximate surface area is 130 Å². The van der Waals surface area contributed by atoms with E-state index in [1.165, 1.54) is 9.75 Å². The topological polar surface area (TPSA) is 42.2 Å². The molecule has 104 valence electrons. The minimum atomic E-state index is 0.296. The number of hydrogen-bond acceptors (Lipinski definition) is 4. The van der Waals surface area contributed by atoms with Crippen LogP contribution in [0.4, 0.5) is 5.95 Å². The molecule has 0 bridgehead atoms. The molecular formula is C14H15BrN4S. The molecule has 20 heavy (non-hydrogen) atoms. The van der Waals surface area contributed by atoms with Gasteiger partial charge >= 0.3 is 0 Å². The van der Waals surface area contributed by atoms with Crippen LogP contribution in [0, 0.1) is 6.92 Å². The lowest BCUT2D eigenvalue weighted by molar-refractivity contribution is 0.784. The molecule has 4 nitrogen and oxygen atoms in total. The van der Waals surface area contributed by atoms with Crippen LogP contribution in [0.2, 0.25) is 0 Å². The van der Waals surface area contributed by atoms with Crippen LogP contribution < -0.4 is 5.32 Å². The van der Waals surface area contributed by atoms with E-state index in [4.69, 9.17) is 0 Å². The maximum atomic E-state index is 4.50. The standard InChI is InChI=1S/C14H15BrN4S/c1-9(8-11-6-5-10(2)20-11)16-14-17-13-12(15)4-3-7-19(13)18-14/h3-7,9H,8H2,1-2H3,(H,16,18). The molecule has 6 heteroatoms. The van der Waals surface area contributed by atoms with Crippen LogP contribution >= 0.6 is 27.3 Å². The molecule has 0 amide bonds. The molecular weight excluding hydrogens is 336 g/mol. The number of fused-ring (bicyclic) bond motifs is 1. The van der Waals surface area contributed by atoms with Crippen LogP contribution in [0.25, 0.3) is 5.65 Å². The van der Waals surface area contributed by atoms with E-state index in [1.54, 1.807) is 4.52 Å². The van der Waals surface area contributed by atoms with Gasteiger partial charge in [0.05, 0.1) is 4.47 Å². The summed E-state index contributed by atoms with van der Waals surface area (Å²) >= 11 is 5.32. The highest BCUT2D eigenvalue weighted by molar-refractivity contribution is 9.10. The Morgan fingerprint density at radius 2 is 2.25 bits per heavy atom. The molecule has 0 aliphatic rings. The van der Waals surface area contributed by atoms with Crippen LogP contribution in [0.3, 0.4) is 0 Å². The molecule has 0 aliphatic heterocycles. The van der Waals surface area contributed by atoms with Crippen molar-refractivity contribution in [2.24, 2.45) is 0 Å². The Morgan fingerprint density at radius 3 is 2.95 bits per heavy atom. The van der Waals surface area contributed by atoms with Crippen molar-refractivity contribution in [3.05, 3.63) is 44.7 Å². The molecule has 0 saturated heterocycles. The molecule has 0 radical (unpaired) electrons. The third-order valence-electron chi connectivity index (χ3n) is 2.99. The molecule has 3 rings (SSSR count). The maximum Gasteiger partial charge on any atom is 0.243 e. The maximum absolute atomic E-state index is 4.50. The molecule has 3 heterocycles. The number of nitrogens with one attached hydrogen (secondary N) is 1. The average molecular weight is 351 g/mol. The number of pyridine rings is 1. The predicted octanol–water partition coefficient (Wildman–Crippen LogP) is 3.90. The van der Waals surface area contributed by atoms with Crippen LogP contribution in [0.15, 0.2) is 34.9 Å². The van der Waals surface area contributed by atoms with Crippen molar-refractivity contribution in [2.75, 3.05) is 5.32 Å². The lowest BCUT2D eigenvalue weighted by Crippen LogP contribution is -2.18. The lowest BCUT2D eigenvalue weighted by atomic mass is 10.2. The number of aromatic nitrogens is 3. The zero-order valence-corrected chi connectivity index (χ0v) is 13.7. The van der Waals surface area contributed by atoms with Gasteiger partial charge in [-0.25, -0.2) is 4.52 Å². The molecule has 1 N–H and O–H groups in total. The first kappa shape index (κ1) is 13.6. The highest BCUT2D eigenvalue weighted by Crippen LogP contribution is 2.19. The molecule has 1 atom stereocenters. The van der Waals surface area contributed by atoms with Gasteiger partial charge in [0.15, 0.2) is 5.65 Å². The number of halogens is 1. The Balaban J connectivity index is 1.74. The van der Waals surface area contributed by atoms with Gasteiger partial charge in [0.1, 0.15) is 0 Å². The van der Waals surface area contributed by atoms with Crippen molar-refractivity contribution in [2.45, 2.75) is 26.3 Å². The normalized spacial score (nSPS) is 12.8. The number of hydrogen-bond donors (Lipinski definition) is 1. The summed E-state index contributed by atoms with van der Waals surface area (Å²) < 4.78 is 2.72. The number of rotatable bonds is 4. The molecule has 0 saturated carbocycles. The molecule has 0 aromatic carbocycles. The van der Waals surface area contributed by atoms with Gasteiger partial charge in [0, 0.05) is 28.4 Å². The van der Waals surface area contributed by atoms with Gasteiger partial charge in [-0.15, -0.1) is 16.4 Å². The molecule has 3 aromatic heterocycles. The van der Waals surface area contributed by atoms with E-state index < -0.39 is 0 Å². The van der Waals surface area contributed by atoms with Crippen LogP contribution in [0.5, 0.6) is 0 Å². The van der Waals surface area contributed by atoms with Crippen molar-refractivity contribution in [3.63, 3.8) is 0 Å². The fourth-order valence-electron chi connectivity index (χ4n) is 2.10. The van der Waals surface area contributed by atoms with Gasteiger partial charge < -0.3 is 5.32 Å². The van der Waals surface area contributed by atoms with Gasteiger partial charge in [0.25, 0.3) is 0 Å². The third-order valence-corrected chi connectivity index (χ3v) is 4.64. The molecule has 0 aliphatic carbocycles. The second-order valence-electron chi connectivity index (χ2n) is 4.82. The minimum Gasteiger partial charge on any atom is -0.350 e. The summed E-state index contributed by atoms with van der Waals surface area (Å²) in [6, 6.07) is 8.54. The fraction of sp³-hybridized carbons (Fsp3) is 0.286. The number of thiophene rings is 1. The second kappa shape index (κ2) is 5.54. The first-order chi connectivity index (χ1) is 9.61. The summed E-state index contributed by atoms with van der Waals surface area (Å²) in [5.74, 6) is 0.665. The van der Waals surface area contributed by atoms with Crippen LogP contribution in [-0.2, 0) is 6.42 Å². The molecule has 3 aromatic rings. The number of nitrogens with zero attached hydrogens (tertiary/aromatic N) is 3. The Bertz CT molecular complexity index is 734. The SMILES string of the molecule is Cc1ccc(CC(C)Nc2nc3c(Br)cccn3n2)s1. The predicted molar refractivity (Wildman–Crippen MR) is 86.5 cm³/mol. The molecule has 0 spiro atoms. The van der Waals surface area contributed by atoms with Gasteiger partial charge in [-0.3, -0.25) is 0 Å². The largest absolute Gasteiger partial charge is 0.350 e. The van der Waals surface area contributed by atoms with E-state index in [-0.39, 0.29) is 0 Å². The van der Waals surface area contributed by atoms with Gasteiger partial charge in [-0.1, -0.05) is 0 Å². The van der Waals surface area contributed by atoms with Crippen molar-refractivity contribution in [1.82, 2.24) is 14.6 Å². The van der Waals surface area contributed by atoms with E-state index in [0.29, 0.717) is 12.0 Å². The van der Waals surface area contributed by atoms with Gasteiger partial charge in [-0.05, 0) is 54.0 Å². The Hall–Kier alpha value is -1.40. The van der Waals surface area contributed by atoms with Crippen molar-refractivity contribution < 1.29 is 0 Å². The van der Waals surface area contributed by atoms with E-state index in [9.17, 15) is 0 Å². The fourth-order valence-corrected chi connectivity index (χ4v) is 3.54. The van der Waals surface area contributed by atoms with Crippen LogP contribution in [-0.4, -0.2) is 20.6 Å². The number of anilines is 1. The summed E-state index contributed by atoms with van der Waals surface area (Å²) in [7, 11) is 0. The quantitative estimate of drug-likeness (QED) is 0.775. The highest BCUT2D eigenvalue weighted by Gasteiger charge is 2.10. The van der Waals surface area contributed by atoms with Crippen molar-refractivity contribution in [3.8, 4) is 0 Å². The lowest BCUT2D eigenvalue weighted by Gasteiger charge is -2.10. The first-order valence-corrected chi connectivity index (χ1v) is 8.05. The molecule has 1 unspecified atom stereocenters. The van der Waals surface area contributed by atoms with E-state index >= 15 is 0 Å². The summed E-state index contributed by atoms with van der Waals surface area (Å²) in [5.41, 5.74) is 0.828. The van der Waals surface area contributed by atoms with Gasteiger partial charge in [-0.2, -0.15) is 4.98 Å². The summed E-state index contributed by atoms with van der Waals surface area (Å²) in [5, 5.41) is 7.79. The zero-order valence-electron chi connectivity index (χ0n) is 11.3. The van der Waals surface area contributed by atoms with Crippen LogP contribution in [0.1, 0.15) is 16.7 Å². The smallest absolute Gasteiger partial charge is 0.243 e. The van der Waals surface area contributed by atoms with Crippen molar-refractivity contribution >= 4 is 38.9 Å². The Kier molecular flexibility index (Phi) is 3.76. The van der Waals surface area contributed by atoms with E-state index in [1.807, 2.05) is 29.7 Å². The van der Waals surface area contributed by atoms with E-state index in [0.717, 1.165) is 16.5 Å². The number of aryl methyl sites for hydroxylation is 1. The minimum absolute atomic E-state index is 0.296. The van der Waals surface area contributed by atoms with E-state index in [2.05, 4.69) is 57.3 Å². The van der Waals surface area contributed by atoms with Gasteiger partial charge in [0.2, 0.25) is 5.95 Å². The second-order valence-corrected chi connectivity index (χ2v) is 7.05. The average Bonchev–Trinajstić information content (AvgIpc) is 2.96. The summed E-state index contributed by atoms with van der Waals surface area (Å²) in [4.78, 5) is 7.23. The summed E-state index contributed by atoms with van der Waals surface area (Å²) in [6.07, 6.45) is 2.88. The highest BCUT2D eigenvalue weighted by atomic mass is 79.9.